The molecule has 21 heavy (non-hydrogen) atoms. The number of methoxy groups -OCH3 is 3. The fourth-order valence-corrected chi connectivity index (χ4v) is 1.59. The number of nitrogens with one attached hydrogen (secondary N) is 1. The van der Waals surface area contributed by atoms with Crippen molar-refractivity contribution in [2.75, 3.05) is 21.3 Å². The number of rotatable bonds is 8. The van der Waals surface area contributed by atoms with Crippen molar-refractivity contribution in [2.45, 2.75) is 32.2 Å². The lowest BCUT2D eigenvalue weighted by molar-refractivity contribution is -0.148. The van der Waals surface area contributed by atoms with Crippen LogP contribution >= 0.6 is 0 Å². The van der Waals surface area contributed by atoms with Crippen LogP contribution in [0, 0.1) is 5.92 Å². The summed E-state index contributed by atoms with van der Waals surface area (Å²) in [5.41, 5.74) is 0. The summed E-state index contributed by atoms with van der Waals surface area (Å²) < 4.78 is 13.5. The van der Waals surface area contributed by atoms with E-state index in [0.717, 1.165) is 0 Å². The lowest BCUT2D eigenvalue weighted by atomic mass is 10.0. The first-order valence-corrected chi connectivity index (χ1v) is 6.37. The average Bonchev–Trinajstić information content (AvgIpc) is 2.49. The Bertz CT molecular complexity index is 394. The summed E-state index contributed by atoms with van der Waals surface area (Å²) in [6.07, 6.45) is -0.168. The molecule has 2 atom stereocenters. The number of carbonyl (C=O) groups is 4. The molecule has 0 spiro atoms. The van der Waals surface area contributed by atoms with Crippen LogP contribution in [0.15, 0.2) is 0 Å². The molecular weight excluding hydrogens is 282 g/mol. The van der Waals surface area contributed by atoms with E-state index in [0.29, 0.717) is 0 Å². The third kappa shape index (κ3) is 7.28. The lowest BCUT2D eigenvalue weighted by Crippen LogP contribution is -2.43. The van der Waals surface area contributed by atoms with E-state index in [2.05, 4.69) is 19.5 Å². The van der Waals surface area contributed by atoms with Crippen molar-refractivity contribution in [1.29, 1.82) is 0 Å². The highest BCUT2D eigenvalue weighted by molar-refractivity contribution is 5.86. The second kappa shape index (κ2) is 9.73. The molecule has 0 aliphatic carbocycles. The Hall–Kier alpha value is -2.12. The van der Waals surface area contributed by atoms with Crippen molar-refractivity contribution in [1.82, 2.24) is 5.32 Å². The van der Waals surface area contributed by atoms with Crippen molar-refractivity contribution in [3.8, 4) is 0 Å². The van der Waals surface area contributed by atoms with Crippen molar-refractivity contribution in [2.24, 2.45) is 5.92 Å². The molecule has 8 heteroatoms. The largest absolute Gasteiger partial charge is 0.469 e. The van der Waals surface area contributed by atoms with Gasteiger partial charge in [0, 0.05) is 6.42 Å². The van der Waals surface area contributed by atoms with Gasteiger partial charge in [0.2, 0.25) is 5.91 Å². The van der Waals surface area contributed by atoms with E-state index in [1.54, 1.807) is 6.92 Å². The summed E-state index contributed by atoms with van der Waals surface area (Å²) in [5, 5.41) is 2.43. The molecule has 0 aromatic carbocycles. The minimum absolute atomic E-state index is 0.0450. The van der Waals surface area contributed by atoms with Gasteiger partial charge in [-0.15, -0.1) is 0 Å². The smallest absolute Gasteiger partial charge is 0.328 e. The molecule has 0 unspecified atom stereocenters. The van der Waals surface area contributed by atoms with Gasteiger partial charge in [-0.3, -0.25) is 14.4 Å². The maximum absolute atomic E-state index is 11.7. The zero-order valence-corrected chi connectivity index (χ0v) is 12.6. The third-order valence-electron chi connectivity index (χ3n) is 2.80. The molecule has 0 aromatic rings. The summed E-state index contributed by atoms with van der Waals surface area (Å²) >= 11 is 0. The average molecular weight is 303 g/mol. The molecule has 0 rings (SSSR count). The van der Waals surface area contributed by atoms with Crippen LogP contribution in [0.4, 0.5) is 0 Å². The Morgan fingerprint density at radius 1 is 0.905 bits per heavy atom. The van der Waals surface area contributed by atoms with Crippen LogP contribution in [0.3, 0.4) is 0 Å². The van der Waals surface area contributed by atoms with Crippen LogP contribution in [-0.2, 0) is 33.4 Å². The number of ether oxygens (including phenoxy) is 3. The van der Waals surface area contributed by atoms with E-state index in [9.17, 15) is 19.2 Å². The molecule has 0 aromatic heterocycles. The van der Waals surface area contributed by atoms with E-state index >= 15 is 0 Å². The van der Waals surface area contributed by atoms with Crippen LogP contribution in [0.1, 0.15) is 26.2 Å². The monoisotopic (exact) mass is 303 g/mol. The fraction of sp³-hybridized carbons (Fsp3) is 0.692. The van der Waals surface area contributed by atoms with Gasteiger partial charge in [0.1, 0.15) is 6.04 Å². The number of esters is 3. The minimum Gasteiger partial charge on any atom is -0.469 e. The molecule has 120 valence electrons. The van der Waals surface area contributed by atoms with Gasteiger partial charge in [-0.25, -0.2) is 4.79 Å². The standard InChI is InChI=1S/C13H21NO7/c1-8(12(17)20-3)7-9(13(18)21-4)14-10(15)5-6-11(16)19-2/h8-9H,5-7H2,1-4H3,(H,14,15)/t8-,9-/m0/s1. The summed E-state index contributed by atoms with van der Waals surface area (Å²) in [7, 11) is 3.63. The number of hydrogen-bond donors (Lipinski definition) is 1. The predicted octanol–water partition coefficient (Wildman–Crippen LogP) is -0.203. The van der Waals surface area contributed by atoms with Crippen LogP contribution in [0.5, 0.6) is 0 Å². The van der Waals surface area contributed by atoms with E-state index in [1.165, 1.54) is 21.3 Å². The van der Waals surface area contributed by atoms with Crippen molar-refractivity contribution < 1.29 is 33.4 Å². The van der Waals surface area contributed by atoms with Crippen molar-refractivity contribution in [3.05, 3.63) is 0 Å². The molecule has 0 saturated heterocycles. The van der Waals surface area contributed by atoms with Crippen molar-refractivity contribution in [3.63, 3.8) is 0 Å². The maximum Gasteiger partial charge on any atom is 0.328 e. The molecule has 0 aliphatic rings. The summed E-state index contributed by atoms with van der Waals surface area (Å²) in [5.74, 6) is -2.78. The zero-order chi connectivity index (χ0) is 16.4. The van der Waals surface area contributed by atoms with Gasteiger partial charge in [0.05, 0.1) is 33.7 Å². The Kier molecular flexibility index (Phi) is 8.75. The van der Waals surface area contributed by atoms with Gasteiger partial charge >= 0.3 is 17.9 Å². The van der Waals surface area contributed by atoms with Crippen LogP contribution < -0.4 is 5.32 Å². The van der Waals surface area contributed by atoms with Crippen LogP contribution in [0.2, 0.25) is 0 Å². The normalized spacial score (nSPS) is 12.8. The van der Waals surface area contributed by atoms with E-state index in [4.69, 9.17) is 0 Å². The molecule has 1 amide bonds. The first kappa shape index (κ1) is 18.9. The number of carbonyl (C=O) groups excluding carboxylic acids is 4. The second-order valence-corrected chi connectivity index (χ2v) is 4.38. The highest BCUT2D eigenvalue weighted by Gasteiger charge is 2.27. The molecule has 0 aliphatic heterocycles. The van der Waals surface area contributed by atoms with Gasteiger partial charge < -0.3 is 19.5 Å². The maximum atomic E-state index is 11.7. The van der Waals surface area contributed by atoms with Gasteiger partial charge in [-0.2, -0.15) is 0 Å². The van der Waals surface area contributed by atoms with E-state index in [-0.39, 0.29) is 19.3 Å². The highest BCUT2D eigenvalue weighted by atomic mass is 16.5. The Morgan fingerprint density at radius 2 is 1.48 bits per heavy atom. The Labute approximate surface area is 123 Å². The molecular formula is C13H21NO7. The molecule has 0 fully saturated rings. The predicted molar refractivity (Wildman–Crippen MR) is 71.0 cm³/mol. The molecule has 0 heterocycles. The SMILES string of the molecule is COC(=O)CCC(=O)N[C@@H](C[C@H](C)C(=O)OC)C(=O)OC. The summed E-state index contributed by atoms with van der Waals surface area (Å²) in [6.45, 7) is 1.57. The second-order valence-electron chi connectivity index (χ2n) is 4.38. The third-order valence-corrected chi connectivity index (χ3v) is 2.80. The number of amides is 1. The highest BCUT2D eigenvalue weighted by Crippen LogP contribution is 2.10. The van der Waals surface area contributed by atoms with Gasteiger partial charge in [0.15, 0.2) is 0 Å². The minimum atomic E-state index is -0.978. The first-order valence-electron chi connectivity index (χ1n) is 6.37. The number of hydrogen-bond acceptors (Lipinski definition) is 7. The van der Waals surface area contributed by atoms with Gasteiger partial charge in [-0.05, 0) is 6.42 Å². The molecule has 0 bridgehead atoms. The Balaban J connectivity index is 4.56. The summed E-state index contributed by atoms with van der Waals surface area (Å²) in [6, 6.07) is -0.978. The summed E-state index contributed by atoms with van der Waals surface area (Å²) in [4.78, 5) is 45.6. The first-order chi connectivity index (χ1) is 9.85. The molecule has 1 N–H and O–H groups in total. The molecule has 0 radical (unpaired) electrons. The van der Waals surface area contributed by atoms with Gasteiger partial charge in [0.25, 0.3) is 0 Å². The van der Waals surface area contributed by atoms with E-state index < -0.39 is 35.8 Å². The fourth-order valence-electron chi connectivity index (χ4n) is 1.59. The van der Waals surface area contributed by atoms with Gasteiger partial charge in [-0.1, -0.05) is 6.92 Å². The Morgan fingerprint density at radius 3 is 1.95 bits per heavy atom. The topological polar surface area (TPSA) is 108 Å². The zero-order valence-electron chi connectivity index (χ0n) is 12.6. The van der Waals surface area contributed by atoms with Crippen LogP contribution in [0.25, 0.3) is 0 Å². The van der Waals surface area contributed by atoms with Crippen molar-refractivity contribution >= 4 is 23.8 Å². The van der Waals surface area contributed by atoms with E-state index in [1.807, 2.05) is 0 Å². The van der Waals surface area contributed by atoms with Crippen LogP contribution in [-0.4, -0.2) is 51.2 Å². The molecule has 8 nitrogen and oxygen atoms in total. The quantitative estimate of drug-likeness (QED) is 0.488. The lowest BCUT2D eigenvalue weighted by Gasteiger charge is -2.19. The molecule has 0 saturated carbocycles.